The first-order valence-electron chi connectivity index (χ1n) is 8.10. The first kappa shape index (κ1) is 16.7. The van der Waals surface area contributed by atoms with Crippen LogP contribution in [-0.4, -0.2) is 44.7 Å². The predicted octanol–water partition coefficient (Wildman–Crippen LogP) is 1.52. The molecule has 1 atom stereocenters. The summed E-state index contributed by atoms with van der Waals surface area (Å²) in [5.41, 5.74) is 0.994. The molecule has 1 aliphatic heterocycles. The average Bonchev–Trinajstić information content (AvgIpc) is 2.92. The van der Waals surface area contributed by atoms with Crippen molar-refractivity contribution in [3.8, 4) is 0 Å². The maximum absolute atomic E-state index is 12.4. The fourth-order valence-corrected chi connectivity index (χ4v) is 2.78. The molecule has 1 aromatic rings. The third kappa shape index (κ3) is 3.94. The van der Waals surface area contributed by atoms with Crippen LogP contribution in [0.4, 0.5) is 0 Å². The zero-order valence-corrected chi connectivity index (χ0v) is 13.9. The van der Waals surface area contributed by atoms with E-state index >= 15 is 0 Å². The topological polar surface area (TPSA) is 63.1 Å². The van der Waals surface area contributed by atoms with Crippen molar-refractivity contribution < 1.29 is 4.79 Å². The van der Waals surface area contributed by atoms with Crippen LogP contribution in [0.3, 0.4) is 0 Å². The zero-order chi connectivity index (χ0) is 16.1. The van der Waals surface area contributed by atoms with Gasteiger partial charge in [0.2, 0.25) is 5.91 Å². The van der Waals surface area contributed by atoms with Gasteiger partial charge < -0.3 is 9.47 Å². The zero-order valence-electron chi connectivity index (χ0n) is 13.9. The Kier molecular flexibility index (Phi) is 5.71. The molecule has 1 aromatic heterocycles. The number of likely N-dealkylation sites (N-methyl/N-ethyl adjacent to an activating group) is 1. The molecule has 0 radical (unpaired) electrons. The van der Waals surface area contributed by atoms with Gasteiger partial charge in [-0.1, -0.05) is 12.2 Å². The van der Waals surface area contributed by atoms with Crippen LogP contribution >= 0.6 is 0 Å². The van der Waals surface area contributed by atoms with Crippen molar-refractivity contribution in [1.29, 1.82) is 0 Å². The highest BCUT2D eigenvalue weighted by Crippen LogP contribution is 2.14. The summed E-state index contributed by atoms with van der Waals surface area (Å²) < 4.78 is 2.18. The molecule has 0 saturated carbocycles. The van der Waals surface area contributed by atoms with Crippen molar-refractivity contribution in [1.82, 2.24) is 25.0 Å². The number of nitrogens with one attached hydrogen (secondary N) is 1. The molecule has 1 N–H and O–H groups in total. The number of hydrogen-bond donors (Lipinski definition) is 1. The Bertz CT molecular complexity index is 537. The predicted molar refractivity (Wildman–Crippen MR) is 86.3 cm³/mol. The molecule has 122 valence electrons. The lowest BCUT2D eigenvalue weighted by molar-refractivity contribution is -0.132. The Morgan fingerprint density at radius 1 is 1.45 bits per heavy atom. The van der Waals surface area contributed by atoms with Gasteiger partial charge in [-0.15, -0.1) is 10.2 Å². The van der Waals surface area contributed by atoms with Gasteiger partial charge in [0, 0.05) is 26.1 Å². The second-order valence-corrected chi connectivity index (χ2v) is 6.05. The number of carbonyl (C=O) groups excluding carboxylic acids is 1. The molecular weight excluding hydrogens is 278 g/mol. The number of fused-ring (bicyclic) bond motifs is 1. The van der Waals surface area contributed by atoms with Gasteiger partial charge in [0.15, 0.2) is 0 Å². The van der Waals surface area contributed by atoms with Crippen LogP contribution in [0.1, 0.15) is 45.3 Å². The van der Waals surface area contributed by atoms with Crippen LogP contribution < -0.4 is 5.32 Å². The molecule has 0 fully saturated rings. The quantitative estimate of drug-likeness (QED) is 0.776. The molecule has 0 saturated heterocycles. The number of rotatable bonds is 7. The molecular formula is C16H27N5O. The molecule has 2 heterocycles. The van der Waals surface area contributed by atoms with E-state index in [4.69, 9.17) is 0 Å². The molecule has 0 aliphatic carbocycles. The lowest BCUT2D eigenvalue weighted by Gasteiger charge is -2.25. The number of carbonyl (C=O) groups is 1. The molecule has 0 bridgehead atoms. The van der Waals surface area contributed by atoms with Crippen molar-refractivity contribution in [2.24, 2.45) is 0 Å². The van der Waals surface area contributed by atoms with Crippen LogP contribution in [0.2, 0.25) is 0 Å². The van der Waals surface area contributed by atoms with Crippen LogP contribution in [0, 0.1) is 0 Å². The molecule has 1 aliphatic rings. The van der Waals surface area contributed by atoms with Gasteiger partial charge >= 0.3 is 0 Å². The minimum Gasteiger partial charge on any atom is -0.338 e. The second kappa shape index (κ2) is 7.54. The molecule has 1 amide bonds. The first-order chi connectivity index (χ1) is 10.5. The summed E-state index contributed by atoms with van der Waals surface area (Å²) in [6.07, 6.45) is 3.37. The third-order valence-corrected chi connectivity index (χ3v) is 4.03. The third-order valence-electron chi connectivity index (χ3n) is 4.03. The Balaban J connectivity index is 1.91. The summed E-state index contributed by atoms with van der Waals surface area (Å²) in [6, 6.07) is -0.240. The SMILES string of the molecule is C=C(C)CN(CC)C(=O)C(C)NCc1nnc2n1CCCC2. The first-order valence-corrected chi connectivity index (χ1v) is 8.10. The fraction of sp³-hybridized carbons (Fsp3) is 0.688. The Morgan fingerprint density at radius 2 is 2.23 bits per heavy atom. The lowest BCUT2D eigenvalue weighted by atomic mass is 10.1. The van der Waals surface area contributed by atoms with E-state index in [1.54, 1.807) is 0 Å². The number of hydrogen-bond acceptors (Lipinski definition) is 4. The van der Waals surface area contributed by atoms with E-state index in [-0.39, 0.29) is 11.9 Å². The van der Waals surface area contributed by atoms with Gasteiger partial charge in [0.1, 0.15) is 11.6 Å². The molecule has 0 aromatic carbocycles. The number of amides is 1. The Hall–Kier alpha value is -1.69. The summed E-state index contributed by atoms with van der Waals surface area (Å²) in [4.78, 5) is 14.3. The van der Waals surface area contributed by atoms with E-state index < -0.39 is 0 Å². The number of aryl methyl sites for hydroxylation is 1. The standard InChI is InChI=1S/C16H27N5O/c1-5-20(11-12(2)3)16(22)13(4)17-10-15-19-18-14-8-6-7-9-21(14)15/h13,17H,2,5-11H2,1,3-4H3. The van der Waals surface area contributed by atoms with E-state index in [0.29, 0.717) is 19.6 Å². The maximum atomic E-state index is 12.4. The highest BCUT2D eigenvalue weighted by molar-refractivity contribution is 5.81. The van der Waals surface area contributed by atoms with Gasteiger partial charge in [-0.25, -0.2) is 0 Å². The van der Waals surface area contributed by atoms with Crippen molar-refractivity contribution in [3.05, 3.63) is 23.8 Å². The maximum Gasteiger partial charge on any atom is 0.239 e. The second-order valence-electron chi connectivity index (χ2n) is 6.05. The summed E-state index contributed by atoms with van der Waals surface area (Å²) in [7, 11) is 0. The fourth-order valence-electron chi connectivity index (χ4n) is 2.78. The van der Waals surface area contributed by atoms with E-state index in [2.05, 4.69) is 26.7 Å². The molecule has 22 heavy (non-hydrogen) atoms. The largest absolute Gasteiger partial charge is 0.338 e. The minimum atomic E-state index is -0.240. The van der Waals surface area contributed by atoms with E-state index in [0.717, 1.165) is 30.2 Å². The molecule has 1 unspecified atom stereocenters. The Labute approximate surface area is 132 Å². The molecule has 6 heteroatoms. The van der Waals surface area contributed by atoms with Crippen LogP contribution in [0.5, 0.6) is 0 Å². The smallest absolute Gasteiger partial charge is 0.239 e. The van der Waals surface area contributed by atoms with Gasteiger partial charge in [-0.2, -0.15) is 0 Å². The minimum absolute atomic E-state index is 0.101. The van der Waals surface area contributed by atoms with E-state index in [1.807, 2.05) is 25.7 Å². The van der Waals surface area contributed by atoms with Crippen LogP contribution in [0.15, 0.2) is 12.2 Å². The Morgan fingerprint density at radius 3 is 2.91 bits per heavy atom. The lowest BCUT2D eigenvalue weighted by Crippen LogP contribution is -2.45. The highest BCUT2D eigenvalue weighted by atomic mass is 16.2. The molecule has 2 rings (SSSR count). The average molecular weight is 305 g/mol. The van der Waals surface area contributed by atoms with E-state index in [9.17, 15) is 4.79 Å². The summed E-state index contributed by atoms with van der Waals surface area (Å²) in [5.74, 6) is 2.10. The van der Waals surface area contributed by atoms with Crippen LogP contribution in [0.25, 0.3) is 0 Å². The van der Waals surface area contributed by atoms with E-state index in [1.165, 1.54) is 12.8 Å². The van der Waals surface area contributed by atoms with Crippen molar-refractivity contribution in [3.63, 3.8) is 0 Å². The van der Waals surface area contributed by atoms with Gasteiger partial charge in [0.05, 0.1) is 12.6 Å². The van der Waals surface area contributed by atoms with Gasteiger partial charge in [-0.05, 0) is 33.6 Å². The summed E-state index contributed by atoms with van der Waals surface area (Å²) in [5, 5.41) is 11.8. The van der Waals surface area contributed by atoms with Crippen molar-refractivity contribution in [2.45, 2.75) is 59.2 Å². The normalized spacial score (nSPS) is 15.2. The van der Waals surface area contributed by atoms with Gasteiger partial charge in [-0.3, -0.25) is 10.1 Å². The van der Waals surface area contributed by atoms with Crippen molar-refractivity contribution in [2.75, 3.05) is 13.1 Å². The number of aromatic nitrogens is 3. The highest BCUT2D eigenvalue weighted by Gasteiger charge is 2.21. The summed E-state index contributed by atoms with van der Waals surface area (Å²) in [6.45, 7) is 12.6. The number of nitrogens with zero attached hydrogens (tertiary/aromatic N) is 4. The summed E-state index contributed by atoms with van der Waals surface area (Å²) >= 11 is 0. The van der Waals surface area contributed by atoms with Crippen LogP contribution in [-0.2, 0) is 24.3 Å². The van der Waals surface area contributed by atoms with Crippen molar-refractivity contribution >= 4 is 5.91 Å². The van der Waals surface area contributed by atoms with Gasteiger partial charge in [0.25, 0.3) is 0 Å². The monoisotopic (exact) mass is 305 g/mol. The molecule has 0 spiro atoms. The molecule has 6 nitrogen and oxygen atoms in total.